The zero-order valence-electron chi connectivity index (χ0n) is 18.8. The van der Waals surface area contributed by atoms with E-state index in [1.165, 1.54) is 5.56 Å². The molecule has 0 bridgehead atoms. The SMILES string of the molecule is Cc1ccc(-c2ccc(C)c(C(=O)OC3CCC(OOCc4ccccc4)CC3)c2)cc1. The van der Waals surface area contributed by atoms with Crippen molar-refractivity contribution in [1.82, 2.24) is 0 Å². The number of aryl methyl sites for hydroxylation is 2. The number of ether oxygens (including phenoxy) is 1. The summed E-state index contributed by atoms with van der Waals surface area (Å²) in [5, 5.41) is 0. The fourth-order valence-electron chi connectivity index (χ4n) is 4.00. The van der Waals surface area contributed by atoms with Gasteiger partial charge in [0.05, 0.1) is 11.7 Å². The van der Waals surface area contributed by atoms with Gasteiger partial charge < -0.3 is 4.74 Å². The first-order valence-electron chi connectivity index (χ1n) is 11.3. The number of carbonyl (C=O) groups excluding carboxylic acids is 1. The van der Waals surface area contributed by atoms with Gasteiger partial charge in [0.1, 0.15) is 12.7 Å². The van der Waals surface area contributed by atoms with Crippen LogP contribution in [0.25, 0.3) is 11.1 Å². The van der Waals surface area contributed by atoms with Crippen LogP contribution in [0.4, 0.5) is 0 Å². The molecule has 0 heterocycles. The Kier molecular flexibility index (Phi) is 7.35. The molecule has 4 nitrogen and oxygen atoms in total. The number of benzene rings is 3. The predicted molar refractivity (Wildman–Crippen MR) is 125 cm³/mol. The quantitative estimate of drug-likeness (QED) is 0.241. The maximum Gasteiger partial charge on any atom is 0.338 e. The highest BCUT2D eigenvalue weighted by Gasteiger charge is 2.26. The molecule has 1 aliphatic carbocycles. The van der Waals surface area contributed by atoms with Gasteiger partial charge in [-0.1, -0.05) is 72.3 Å². The largest absolute Gasteiger partial charge is 0.459 e. The molecular formula is C28H30O4. The summed E-state index contributed by atoms with van der Waals surface area (Å²) in [5.74, 6) is -0.249. The summed E-state index contributed by atoms with van der Waals surface area (Å²) in [6.45, 7) is 4.45. The molecule has 32 heavy (non-hydrogen) atoms. The molecule has 1 saturated carbocycles. The van der Waals surface area contributed by atoms with Gasteiger partial charge in [-0.25, -0.2) is 14.6 Å². The highest BCUT2D eigenvalue weighted by Crippen LogP contribution is 2.27. The summed E-state index contributed by atoms with van der Waals surface area (Å²) in [6.07, 6.45) is 3.15. The van der Waals surface area contributed by atoms with Crippen LogP contribution in [-0.2, 0) is 21.1 Å². The van der Waals surface area contributed by atoms with Crippen LogP contribution in [0.3, 0.4) is 0 Å². The number of hydrogen-bond donors (Lipinski definition) is 0. The Morgan fingerprint density at radius 3 is 2.19 bits per heavy atom. The lowest BCUT2D eigenvalue weighted by Crippen LogP contribution is -2.28. The lowest BCUT2D eigenvalue weighted by atomic mass is 9.95. The van der Waals surface area contributed by atoms with Crippen molar-refractivity contribution in [2.45, 2.75) is 58.3 Å². The predicted octanol–water partition coefficient (Wildman–Crippen LogP) is 6.59. The van der Waals surface area contributed by atoms with Gasteiger partial charge in [-0.15, -0.1) is 0 Å². The second-order valence-corrected chi connectivity index (χ2v) is 8.54. The molecule has 0 aromatic heterocycles. The van der Waals surface area contributed by atoms with Crippen LogP contribution in [0, 0.1) is 13.8 Å². The second-order valence-electron chi connectivity index (χ2n) is 8.54. The molecule has 0 N–H and O–H groups in total. The Morgan fingerprint density at radius 1 is 0.812 bits per heavy atom. The van der Waals surface area contributed by atoms with E-state index in [4.69, 9.17) is 14.5 Å². The fraction of sp³-hybridized carbons (Fsp3) is 0.321. The molecule has 0 saturated heterocycles. The van der Waals surface area contributed by atoms with Gasteiger partial charge in [0, 0.05) is 0 Å². The Balaban J connectivity index is 1.28. The van der Waals surface area contributed by atoms with Crippen molar-refractivity contribution in [3.63, 3.8) is 0 Å². The minimum Gasteiger partial charge on any atom is -0.459 e. The Labute approximate surface area is 190 Å². The molecule has 1 fully saturated rings. The van der Waals surface area contributed by atoms with Crippen molar-refractivity contribution in [3.8, 4) is 11.1 Å². The van der Waals surface area contributed by atoms with Crippen LogP contribution in [-0.4, -0.2) is 18.2 Å². The van der Waals surface area contributed by atoms with E-state index in [1.807, 2.05) is 49.4 Å². The van der Waals surface area contributed by atoms with E-state index >= 15 is 0 Å². The van der Waals surface area contributed by atoms with E-state index in [2.05, 4.69) is 37.3 Å². The van der Waals surface area contributed by atoms with Crippen LogP contribution in [0.5, 0.6) is 0 Å². The topological polar surface area (TPSA) is 44.8 Å². The van der Waals surface area contributed by atoms with Crippen molar-refractivity contribution in [2.75, 3.05) is 0 Å². The molecule has 1 aliphatic rings. The minimum atomic E-state index is -0.249. The van der Waals surface area contributed by atoms with Crippen LogP contribution < -0.4 is 0 Å². The molecular weight excluding hydrogens is 400 g/mol. The minimum absolute atomic E-state index is 0.0419. The van der Waals surface area contributed by atoms with E-state index < -0.39 is 0 Å². The van der Waals surface area contributed by atoms with Gasteiger partial charge in [-0.3, -0.25) is 0 Å². The average molecular weight is 431 g/mol. The first kappa shape index (κ1) is 22.3. The number of carbonyl (C=O) groups is 1. The van der Waals surface area contributed by atoms with Crippen LogP contribution in [0.1, 0.15) is 52.7 Å². The normalized spacial score (nSPS) is 18.3. The standard InChI is InChI=1S/C28H30O4/c1-20-8-11-23(12-9-20)24-13-10-21(2)27(18-24)28(29)31-25-14-16-26(17-15-25)32-30-19-22-6-4-3-5-7-22/h3-13,18,25-26H,14-17,19H2,1-2H3. The Bertz CT molecular complexity index is 1020. The number of hydrogen-bond acceptors (Lipinski definition) is 4. The van der Waals surface area contributed by atoms with Gasteiger partial charge in [-0.05, 0) is 67.9 Å². The molecule has 4 heteroatoms. The summed E-state index contributed by atoms with van der Waals surface area (Å²) < 4.78 is 5.86. The summed E-state index contributed by atoms with van der Waals surface area (Å²) in [6, 6.07) is 24.3. The molecule has 166 valence electrons. The first-order chi connectivity index (χ1) is 15.6. The third kappa shape index (κ3) is 5.84. The summed E-state index contributed by atoms with van der Waals surface area (Å²) >= 11 is 0. The van der Waals surface area contributed by atoms with E-state index in [9.17, 15) is 4.79 Å². The lowest BCUT2D eigenvalue weighted by Gasteiger charge is -2.27. The van der Waals surface area contributed by atoms with Crippen molar-refractivity contribution >= 4 is 5.97 Å². The second kappa shape index (κ2) is 10.6. The van der Waals surface area contributed by atoms with Crippen LogP contribution in [0.15, 0.2) is 72.8 Å². The van der Waals surface area contributed by atoms with Gasteiger partial charge in [0.25, 0.3) is 0 Å². The summed E-state index contributed by atoms with van der Waals surface area (Å²) in [7, 11) is 0. The van der Waals surface area contributed by atoms with Gasteiger partial charge >= 0.3 is 5.97 Å². The van der Waals surface area contributed by atoms with Crippen LogP contribution >= 0.6 is 0 Å². The number of esters is 1. The molecule has 0 unspecified atom stereocenters. The Morgan fingerprint density at radius 2 is 1.47 bits per heavy atom. The smallest absolute Gasteiger partial charge is 0.338 e. The Hall–Kier alpha value is -2.95. The zero-order chi connectivity index (χ0) is 22.3. The van der Waals surface area contributed by atoms with Crippen LogP contribution in [0.2, 0.25) is 0 Å². The molecule has 4 rings (SSSR count). The lowest BCUT2D eigenvalue weighted by molar-refractivity contribution is -0.338. The number of rotatable bonds is 7. The maximum atomic E-state index is 12.9. The van der Waals surface area contributed by atoms with Gasteiger partial charge in [0.15, 0.2) is 0 Å². The summed E-state index contributed by atoms with van der Waals surface area (Å²) in [4.78, 5) is 23.9. The zero-order valence-corrected chi connectivity index (χ0v) is 18.8. The molecule has 3 aromatic rings. The fourth-order valence-corrected chi connectivity index (χ4v) is 4.00. The van der Waals surface area contributed by atoms with Crippen molar-refractivity contribution in [2.24, 2.45) is 0 Å². The van der Waals surface area contributed by atoms with E-state index in [1.54, 1.807) is 0 Å². The van der Waals surface area contributed by atoms with Crippen molar-refractivity contribution in [1.29, 1.82) is 0 Å². The van der Waals surface area contributed by atoms with E-state index in [0.29, 0.717) is 12.2 Å². The molecule has 0 atom stereocenters. The molecule has 0 aliphatic heterocycles. The highest BCUT2D eigenvalue weighted by molar-refractivity contribution is 5.92. The van der Waals surface area contributed by atoms with E-state index in [-0.39, 0.29) is 18.2 Å². The molecule has 3 aromatic carbocycles. The van der Waals surface area contributed by atoms with Gasteiger partial charge in [-0.2, -0.15) is 0 Å². The first-order valence-corrected chi connectivity index (χ1v) is 11.3. The van der Waals surface area contributed by atoms with Gasteiger partial charge in [0.2, 0.25) is 0 Å². The summed E-state index contributed by atoms with van der Waals surface area (Å²) in [5.41, 5.74) is 5.97. The van der Waals surface area contributed by atoms with Crippen molar-refractivity contribution in [3.05, 3.63) is 95.1 Å². The van der Waals surface area contributed by atoms with Crippen molar-refractivity contribution < 1.29 is 19.3 Å². The maximum absolute atomic E-state index is 12.9. The monoisotopic (exact) mass is 430 g/mol. The average Bonchev–Trinajstić information content (AvgIpc) is 2.82. The molecule has 0 amide bonds. The molecule has 0 spiro atoms. The third-order valence-corrected chi connectivity index (χ3v) is 6.01. The van der Waals surface area contributed by atoms with E-state index in [0.717, 1.165) is 47.9 Å². The third-order valence-electron chi connectivity index (χ3n) is 6.01. The molecule has 0 radical (unpaired) electrons. The highest BCUT2D eigenvalue weighted by atomic mass is 17.2.